The summed E-state index contributed by atoms with van der Waals surface area (Å²) in [4.78, 5) is 11.1. The number of nitrogen functional groups attached to an aromatic ring is 1. The van der Waals surface area contributed by atoms with E-state index in [1.807, 2.05) is 47.3 Å². The molecular weight excluding hydrogens is 200 g/mol. The highest BCUT2D eigenvalue weighted by Gasteiger charge is 2.01. The summed E-state index contributed by atoms with van der Waals surface area (Å²) in [6.07, 6.45) is 3.77. The Morgan fingerprint density at radius 3 is 2.50 bits per heavy atom. The van der Waals surface area contributed by atoms with Crippen molar-refractivity contribution in [1.29, 1.82) is 0 Å². The number of aromatic nitrogens is 1. The van der Waals surface area contributed by atoms with Gasteiger partial charge in [0.25, 0.3) is 0 Å². The third kappa shape index (κ3) is 2.31. The number of carbonyl (C=O) groups excluding carboxylic acids is 1. The molecular formula is C13H14N2O. The normalized spacial score (nSPS) is 10.3. The van der Waals surface area contributed by atoms with Crippen molar-refractivity contribution in [1.82, 2.24) is 4.57 Å². The van der Waals surface area contributed by atoms with Crippen LogP contribution in [0.5, 0.6) is 0 Å². The number of nitrogens with two attached hydrogens (primary N) is 1. The first-order valence-electron chi connectivity index (χ1n) is 5.16. The van der Waals surface area contributed by atoms with Crippen molar-refractivity contribution in [2.45, 2.75) is 13.5 Å². The van der Waals surface area contributed by atoms with Crippen LogP contribution in [-0.4, -0.2) is 10.4 Å². The van der Waals surface area contributed by atoms with Crippen LogP contribution in [0.2, 0.25) is 0 Å². The number of nitrogens with zero attached hydrogens (tertiary/aromatic N) is 1. The van der Waals surface area contributed by atoms with Crippen molar-refractivity contribution in [2.75, 3.05) is 5.73 Å². The van der Waals surface area contributed by atoms with Crippen LogP contribution in [0.4, 0.5) is 5.69 Å². The minimum Gasteiger partial charge on any atom is -0.399 e. The van der Waals surface area contributed by atoms with E-state index in [-0.39, 0.29) is 5.78 Å². The molecule has 1 aromatic heterocycles. The molecule has 2 rings (SSSR count). The molecule has 3 nitrogen and oxygen atoms in total. The Kier molecular flexibility index (Phi) is 2.77. The van der Waals surface area contributed by atoms with Crippen molar-refractivity contribution in [2.24, 2.45) is 0 Å². The molecule has 0 radical (unpaired) electrons. The quantitative estimate of drug-likeness (QED) is 0.629. The highest BCUT2D eigenvalue weighted by molar-refractivity contribution is 5.93. The number of anilines is 1. The molecule has 2 N–H and O–H groups in total. The number of ketones is 1. The molecule has 2 aromatic rings. The van der Waals surface area contributed by atoms with E-state index in [0.717, 1.165) is 17.8 Å². The smallest absolute Gasteiger partial charge is 0.161 e. The Labute approximate surface area is 94.5 Å². The lowest BCUT2D eigenvalue weighted by molar-refractivity contribution is 0.101. The number of Topliss-reactive ketones (excluding diaryl/α,β-unsaturated/α-hetero) is 1. The maximum absolute atomic E-state index is 11.1. The zero-order chi connectivity index (χ0) is 11.5. The van der Waals surface area contributed by atoms with Crippen LogP contribution in [0.1, 0.15) is 22.8 Å². The summed E-state index contributed by atoms with van der Waals surface area (Å²) < 4.78 is 1.99. The minimum atomic E-state index is 0.0936. The maximum Gasteiger partial charge on any atom is 0.161 e. The molecule has 0 fully saturated rings. The highest BCUT2D eigenvalue weighted by atomic mass is 16.1. The van der Waals surface area contributed by atoms with Gasteiger partial charge in [0.15, 0.2) is 5.78 Å². The minimum absolute atomic E-state index is 0.0936. The topological polar surface area (TPSA) is 48.0 Å². The summed E-state index contributed by atoms with van der Waals surface area (Å²) >= 11 is 0. The van der Waals surface area contributed by atoms with Gasteiger partial charge in [0.05, 0.1) is 0 Å². The molecule has 0 atom stereocenters. The summed E-state index contributed by atoms with van der Waals surface area (Å²) in [5, 5.41) is 0. The molecule has 1 aromatic carbocycles. The fourth-order valence-electron chi connectivity index (χ4n) is 1.58. The van der Waals surface area contributed by atoms with Gasteiger partial charge in [-0.25, -0.2) is 0 Å². The molecule has 0 aliphatic rings. The summed E-state index contributed by atoms with van der Waals surface area (Å²) in [7, 11) is 0. The Morgan fingerprint density at radius 2 is 1.94 bits per heavy atom. The van der Waals surface area contributed by atoms with Crippen molar-refractivity contribution >= 4 is 11.5 Å². The van der Waals surface area contributed by atoms with Crippen LogP contribution >= 0.6 is 0 Å². The predicted octanol–water partition coefficient (Wildman–Crippen LogP) is 2.32. The third-order valence-electron chi connectivity index (χ3n) is 2.50. The largest absolute Gasteiger partial charge is 0.399 e. The van der Waals surface area contributed by atoms with E-state index >= 15 is 0 Å². The maximum atomic E-state index is 11.1. The Bertz CT molecular complexity index is 497. The summed E-state index contributed by atoms with van der Waals surface area (Å²) in [6, 6.07) is 9.57. The molecule has 0 saturated carbocycles. The fourth-order valence-corrected chi connectivity index (χ4v) is 1.58. The molecule has 0 aliphatic heterocycles. The number of rotatable bonds is 3. The standard InChI is InChI=1S/C13H14N2O/c1-10(16)12-6-7-15(9-12)8-11-2-4-13(14)5-3-11/h2-7,9H,8,14H2,1H3. The van der Waals surface area contributed by atoms with Crippen LogP contribution in [0, 0.1) is 0 Å². The fraction of sp³-hybridized carbons (Fsp3) is 0.154. The van der Waals surface area contributed by atoms with Gasteiger partial charge in [0.2, 0.25) is 0 Å². The van der Waals surface area contributed by atoms with Crippen molar-refractivity contribution in [3.05, 3.63) is 53.9 Å². The molecule has 0 saturated heterocycles. The van der Waals surface area contributed by atoms with E-state index in [0.29, 0.717) is 0 Å². The molecule has 82 valence electrons. The zero-order valence-electron chi connectivity index (χ0n) is 9.18. The van der Waals surface area contributed by atoms with Gasteiger partial charge in [-0.1, -0.05) is 12.1 Å². The summed E-state index contributed by atoms with van der Waals surface area (Å²) in [5.74, 6) is 0.0936. The average Bonchev–Trinajstić information content (AvgIpc) is 2.70. The Morgan fingerprint density at radius 1 is 1.25 bits per heavy atom. The number of hydrogen-bond acceptors (Lipinski definition) is 2. The Balaban J connectivity index is 2.14. The van der Waals surface area contributed by atoms with Crippen LogP contribution in [0.3, 0.4) is 0 Å². The van der Waals surface area contributed by atoms with Gasteiger partial charge in [-0.2, -0.15) is 0 Å². The highest BCUT2D eigenvalue weighted by Crippen LogP contribution is 2.09. The van der Waals surface area contributed by atoms with Crippen LogP contribution in [0.25, 0.3) is 0 Å². The second kappa shape index (κ2) is 4.23. The van der Waals surface area contributed by atoms with Crippen LogP contribution < -0.4 is 5.73 Å². The van der Waals surface area contributed by atoms with E-state index in [1.54, 1.807) is 6.92 Å². The predicted molar refractivity (Wildman–Crippen MR) is 64.4 cm³/mol. The Hall–Kier alpha value is -2.03. The summed E-state index contributed by atoms with van der Waals surface area (Å²) in [5.41, 5.74) is 8.29. The van der Waals surface area contributed by atoms with Crippen molar-refractivity contribution < 1.29 is 4.79 Å². The van der Waals surface area contributed by atoms with Gasteiger partial charge in [0, 0.05) is 30.2 Å². The first-order valence-corrected chi connectivity index (χ1v) is 5.16. The van der Waals surface area contributed by atoms with Gasteiger partial charge in [0.1, 0.15) is 0 Å². The number of benzene rings is 1. The number of hydrogen-bond donors (Lipinski definition) is 1. The third-order valence-corrected chi connectivity index (χ3v) is 2.50. The second-order valence-electron chi connectivity index (χ2n) is 3.87. The molecule has 0 spiro atoms. The molecule has 0 amide bonds. The van der Waals surface area contributed by atoms with Crippen molar-refractivity contribution in [3.8, 4) is 0 Å². The average molecular weight is 214 g/mol. The van der Waals surface area contributed by atoms with E-state index in [2.05, 4.69) is 0 Å². The first-order chi connectivity index (χ1) is 7.65. The van der Waals surface area contributed by atoms with E-state index in [4.69, 9.17) is 5.73 Å². The van der Waals surface area contributed by atoms with Crippen LogP contribution in [-0.2, 0) is 6.54 Å². The lowest BCUT2D eigenvalue weighted by Gasteiger charge is -2.03. The zero-order valence-corrected chi connectivity index (χ0v) is 9.18. The molecule has 0 aliphatic carbocycles. The summed E-state index contributed by atoms with van der Waals surface area (Å²) in [6.45, 7) is 2.33. The SMILES string of the molecule is CC(=O)c1ccn(Cc2ccc(N)cc2)c1. The van der Waals surface area contributed by atoms with E-state index < -0.39 is 0 Å². The monoisotopic (exact) mass is 214 g/mol. The first kappa shape index (κ1) is 10.5. The van der Waals surface area contributed by atoms with Gasteiger partial charge in [-0.05, 0) is 30.7 Å². The lowest BCUT2D eigenvalue weighted by Crippen LogP contribution is -1.97. The van der Waals surface area contributed by atoms with Gasteiger partial charge < -0.3 is 10.3 Å². The lowest BCUT2D eigenvalue weighted by atomic mass is 10.2. The van der Waals surface area contributed by atoms with Crippen molar-refractivity contribution in [3.63, 3.8) is 0 Å². The molecule has 0 unspecified atom stereocenters. The van der Waals surface area contributed by atoms with Gasteiger partial charge in [-0.15, -0.1) is 0 Å². The number of carbonyl (C=O) groups is 1. The van der Waals surface area contributed by atoms with Gasteiger partial charge in [-0.3, -0.25) is 4.79 Å². The van der Waals surface area contributed by atoms with E-state index in [9.17, 15) is 4.79 Å². The second-order valence-corrected chi connectivity index (χ2v) is 3.87. The molecule has 1 heterocycles. The van der Waals surface area contributed by atoms with Crippen LogP contribution in [0.15, 0.2) is 42.7 Å². The van der Waals surface area contributed by atoms with Gasteiger partial charge >= 0.3 is 0 Å². The molecule has 3 heteroatoms. The van der Waals surface area contributed by atoms with E-state index in [1.165, 1.54) is 5.56 Å². The molecule has 0 bridgehead atoms. The molecule has 16 heavy (non-hydrogen) atoms.